The van der Waals surface area contributed by atoms with Crippen LogP contribution in [0.1, 0.15) is 35.4 Å². The minimum atomic E-state index is 0.0332. The van der Waals surface area contributed by atoms with Crippen molar-refractivity contribution in [2.45, 2.75) is 32.2 Å². The Morgan fingerprint density at radius 3 is 2.90 bits per heavy atom. The number of rotatable bonds is 5. The van der Waals surface area contributed by atoms with Crippen LogP contribution in [-0.4, -0.2) is 78.2 Å². The SMILES string of the molecule is COc1cccc(-c2nc(C(=O)N3CCCCC3CN3CCOCC3)c(C)[nH]2)c1. The highest BCUT2D eigenvalue weighted by Crippen LogP contribution is 2.25. The Balaban J connectivity index is 1.53. The van der Waals surface area contributed by atoms with E-state index in [4.69, 9.17) is 9.47 Å². The molecule has 7 nitrogen and oxygen atoms in total. The molecule has 1 atom stereocenters. The third-order valence-corrected chi connectivity index (χ3v) is 5.89. The molecule has 0 aliphatic carbocycles. The van der Waals surface area contributed by atoms with E-state index in [0.29, 0.717) is 11.5 Å². The molecule has 0 spiro atoms. The fraction of sp³-hybridized carbons (Fsp3) is 0.545. The molecule has 2 fully saturated rings. The average Bonchev–Trinajstić information content (AvgIpc) is 3.16. The van der Waals surface area contributed by atoms with Crippen LogP contribution in [0.15, 0.2) is 24.3 Å². The predicted octanol–water partition coefficient (Wildman–Crippen LogP) is 2.72. The normalized spacial score (nSPS) is 20.6. The van der Waals surface area contributed by atoms with Gasteiger partial charge in [0.15, 0.2) is 0 Å². The van der Waals surface area contributed by atoms with Crippen LogP contribution < -0.4 is 4.74 Å². The summed E-state index contributed by atoms with van der Waals surface area (Å²) in [6.07, 6.45) is 3.28. The van der Waals surface area contributed by atoms with Gasteiger partial charge in [0.1, 0.15) is 17.3 Å². The first-order valence-electron chi connectivity index (χ1n) is 10.5. The van der Waals surface area contributed by atoms with Crippen LogP contribution in [0.3, 0.4) is 0 Å². The molecule has 0 bridgehead atoms. The van der Waals surface area contributed by atoms with Crippen molar-refractivity contribution in [2.24, 2.45) is 0 Å². The van der Waals surface area contributed by atoms with Gasteiger partial charge in [0.25, 0.3) is 5.91 Å². The van der Waals surface area contributed by atoms with E-state index in [-0.39, 0.29) is 11.9 Å². The monoisotopic (exact) mass is 398 g/mol. The number of hydrogen-bond donors (Lipinski definition) is 1. The first kappa shape index (κ1) is 19.9. The molecular weight excluding hydrogens is 368 g/mol. The highest BCUT2D eigenvalue weighted by Gasteiger charge is 2.31. The molecule has 1 unspecified atom stereocenters. The molecule has 4 rings (SSSR count). The summed E-state index contributed by atoms with van der Waals surface area (Å²) in [6.45, 7) is 7.09. The Morgan fingerprint density at radius 2 is 2.10 bits per heavy atom. The molecular formula is C22H30N4O3. The average molecular weight is 399 g/mol. The van der Waals surface area contributed by atoms with Gasteiger partial charge in [-0.25, -0.2) is 4.98 Å². The number of aryl methyl sites for hydroxylation is 1. The van der Waals surface area contributed by atoms with Crippen molar-refractivity contribution in [1.82, 2.24) is 19.8 Å². The Morgan fingerprint density at radius 1 is 1.28 bits per heavy atom. The molecule has 3 heterocycles. The lowest BCUT2D eigenvalue weighted by Crippen LogP contribution is -2.51. The van der Waals surface area contributed by atoms with Crippen LogP contribution in [-0.2, 0) is 4.74 Å². The number of nitrogens with zero attached hydrogens (tertiary/aromatic N) is 3. The van der Waals surface area contributed by atoms with Crippen molar-refractivity contribution in [2.75, 3.05) is 46.5 Å². The Bertz CT molecular complexity index is 844. The first-order chi connectivity index (χ1) is 14.2. The van der Waals surface area contributed by atoms with Gasteiger partial charge in [-0.05, 0) is 38.3 Å². The summed E-state index contributed by atoms with van der Waals surface area (Å²) < 4.78 is 10.8. The zero-order chi connectivity index (χ0) is 20.2. The maximum absolute atomic E-state index is 13.4. The number of nitrogens with one attached hydrogen (secondary N) is 1. The largest absolute Gasteiger partial charge is 0.497 e. The lowest BCUT2D eigenvalue weighted by Gasteiger charge is -2.39. The zero-order valence-electron chi connectivity index (χ0n) is 17.3. The number of H-pyrrole nitrogens is 1. The number of morpholine rings is 1. The number of likely N-dealkylation sites (tertiary alicyclic amines) is 1. The molecule has 156 valence electrons. The maximum atomic E-state index is 13.4. The van der Waals surface area contributed by atoms with E-state index >= 15 is 0 Å². The van der Waals surface area contributed by atoms with E-state index in [2.05, 4.69) is 14.9 Å². The first-order valence-corrected chi connectivity index (χ1v) is 10.5. The van der Waals surface area contributed by atoms with Crippen LogP contribution in [0.5, 0.6) is 5.75 Å². The molecule has 2 saturated heterocycles. The van der Waals surface area contributed by atoms with Gasteiger partial charge in [-0.15, -0.1) is 0 Å². The summed E-state index contributed by atoms with van der Waals surface area (Å²) in [7, 11) is 1.65. The molecule has 1 aromatic carbocycles. The second-order valence-electron chi connectivity index (χ2n) is 7.85. The lowest BCUT2D eigenvalue weighted by atomic mass is 10.0. The van der Waals surface area contributed by atoms with Gasteiger partial charge >= 0.3 is 0 Å². The second kappa shape index (κ2) is 8.97. The lowest BCUT2D eigenvalue weighted by molar-refractivity contribution is 0.0164. The number of imidazole rings is 1. The molecule has 2 aliphatic rings. The maximum Gasteiger partial charge on any atom is 0.274 e. The number of aromatic amines is 1. The van der Waals surface area contributed by atoms with Crippen molar-refractivity contribution in [3.05, 3.63) is 35.7 Å². The van der Waals surface area contributed by atoms with E-state index < -0.39 is 0 Å². The number of carbonyl (C=O) groups excluding carboxylic acids is 1. The van der Waals surface area contributed by atoms with Crippen LogP contribution in [0.2, 0.25) is 0 Å². The van der Waals surface area contributed by atoms with Crippen LogP contribution in [0, 0.1) is 6.92 Å². The molecule has 1 aromatic heterocycles. The third kappa shape index (κ3) is 4.46. The minimum Gasteiger partial charge on any atom is -0.497 e. The summed E-state index contributed by atoms with van der Waals surface area (Å²) in [4.78, 5) is 25.8. The summed E-state index contributed by atoms with van der Waals surface area (Å²) in [5.74, 6) is 1.50. The van der Waals surface area contributed by atoms with E-state index in [0.717, 1.165) is 69.2 Å². The number of methoxy groups -OCH3 is 1. The van der Waals surface area contributed by atoms with Crippen molar-refractivity contribution >= 4 is 5.91 Å². The number of benzene rings is 1. The van der Waals surface area contributed by atoms with Crippen molar-refractivity contribution in [3.63, 3.8) is 0 Å². The quantitative estimate of drug-likeness (QED) is 0.839. The second-order valence-corrected chi connectivity index (χ2v) is 7.85. The molecule has 2 aromatic rings. The van der Waals surface area contributed by atoms with Crippen molar-refractivity contribution in [1.29, 1.82) is 0 Å². The molecule has 2 aliphatic heterocycles. The highest BCUT2D eigenvalue weighted by molar-refractivity contribution is 5.94. The molecule has 1 N–H and O–H groups in total. The number of piperidine rings is 1. The third-order valence-electron chi connectivity index (χ3n) is 5.89. The van der Waals surface area contributed by atoms with Gasteiger partial charge < -0.3 is 19.4 Å². The van der Waals surface area contributed by atoms with E-state index in [1.807, 2.05) is 36.1 Å². The van der Waals surface area contributed by atoms with E-state index in [1.165, 1.54) is 6.42 Å². The zero-order valence-corrected chi connectivity index (χ0v) is 17.3. The summed E-state index contributed by atoms with van der Waals surface area (Å²) in [5, 5.41) is 0. The summed E-state index contributed by atoms with van der Waals surface area (Å²) in [5.41, 5.74) is 2.25. The minimum absolute atomic E-state index is 0.0332. The van der Waals surface area contributed by atoms with Gasteiger partial charge in [-0.3, -0.25) is 9.69 Å². The predicted molar refractivity (Wildman–Crippen MR) is 111 cm³/mol. The van der Waals surface area contributed by atoms with E-state index in [9.17, 15) is 4.79 Å². The molecule has 0 saturated carbocycles. The van der Waals surface area contributed by atoms with Crippen molar-refractivity contribution < 1.29 is 14.3 Å². The van der Waals surface area contributed by atoms with Gasteiger partial charge in [0.2, 0.25) is 0 Å². The van der Waals surface area contributed by atoms with Gasteiger partial charge in [-0.2, -0.15) is 0 Å². The smallest absolute Gasteiger partial charge is 0.274 e. The fourth-order valence-electron chi connectivity index (χ4n) is 4.25. The topological polar surface area (TPSA) is 70.7 Å². The van der Waals surface area contributed by atoms with Crippen LogP contribution in [0.25, 0.3) is 11.4 Å². The number of ether oxygens (including phenoxy) is 2. The highest BCUT2D eigenvalue weighted by atomic mass is 16.5. The summed E-state index contributed by atoms with van der Waals surface area (Å²) in [6, 6.07) is 7.96. The van der Waals surface area contributed by atoms with Gasteiger partial charge in [0.05, 0.1) is 20.3 Å². The number of hydrogen-bond acceptors (Lipinski definition) is 5. The van der Waals surface area contributed by atoms with Crippen molar-refractivity contribution in [3.8, 4) is 17.1 Å². The molecule has 1 amide bonds. The number of carbonyl (C=O) groups is 1. The molecule has 7 heteroatoms. The fourth-order valence-corrected chi connectivity index (χ4v) is 4.25. The number of amides is 1. The van der Waals surface area contributed by atoms with Gasteiger partial charge in [0, 0.05) is 43.5 Å². The number of aromatic nitrogens is 2. The molecule has 29 heavy (non-hydrogen) atoms. The van der Waals surface area contributed by atoms with Crippen LogP contribution in [0.4, 0.5) is 0 Å². The Kier molecular flexibility index (Phi) is 6.16. The Hall–Kier alpha value is -2.38. The van der Waals surface area contributed by atoms with Gasteiger partial charge in [-0.1, -0.05) is 12.1 Å². The Labute approximate surface area is 172 Å². The van der Waals surface area contributed by atoms with Crippen LogP contribution >= 0.6 is 0 Å². The molecule has 0 radical (unpaired) electrons. The summed E-state index contributed by atoms with van der Waals surface area (Å²) >= 11 is 0. The standard InChI is InChI=1S/C22H30N4O3/c1-16-20(24-21(23-16)17-6-5-8-19(14-17)28-2)22(27)26-9-4-3-7-18(26)15-25-10-12-29-13-11-25/h5-6,8,14,18H,3-4,7,9-13,15H2,1-2H3,(H,23,24). The van der Waals surface area contributed by atoms with E-state index in [1.54, 1.807) is 7.11 Å².